The maximum Gasteiger partial charge on any atom is 0.271 e. The van der Waals surface area contributed by atoms with Crippen LogP contribution in [0.25, 0.3) is 21.9 Å². The molecule has 0 N–H and O–H groups in total. The first kappa shape index (κ1) is 17.1. The van der Waals surface area contributed by atoms with Crippen LogP contribution in [0.1, 0.15) is 36.7 Å². The van der Waals surface area contributed by atoms with Crippen LogP contribution in [-0.2, 0) is 17.1 Å². The van der Waals surface area contributed by atoms with Gasteiger partial charge in [-0.05, 0) is 38.3 Å². The molecule has 1 aliphatic rings. The van der Waals surface area contributed by atoms with E-state index in [1.807, 2.05) is 47.7 Å². The van der Waals surface area contributed by atoms with Crippen LogP contribution < -0.4 is 0 Å². The van der Waals surface area contributed by atoms with Crippen LogP contribution in [0.4, 0.5) is 0 Å². The highest BCUT2D eigenvalue weighted by Crippen LogP contribution is 2.33. The van der Waals surface area contributed by atoms with Gasteiger partial charge in [0.1, 0.15) is 5.69 Å². The minimum atomic E-state index is -3.64. The molecule has 0 aliphatic carbocycles. The van der Waals surface area contributed by atoms with Gasteiger partial charge in [-0.3, -0.25) is 4.79 Å². The number of benzene rings is 1. The molecule has 6 nitrogen and oxygen atoms in total. The van der Waals surface area contributed by atoms with Gasteiger partial charge >= 0.3 is 0 Å². The predicted molar refractivity (Wildman–Crippen MR) is 103 cm³/mol. The fourth-order valence-corrected chi connectivity index (χ4v) is 5.13. The van der Waals surface area contributed by atoms with Crippen LogP contribution in [0.15, 0.2) is 30.3 Å². The molecule has 0 bridgehead atoms. The highest BCUT2D eigenvalue weighted by Gasteiger charge is 2.31. The molecule has 0 radical (unpaired) electrons. The van der Waals surface area contributed by atoms with Gasteiger partial charge in [0.25, 0.3) is 5.91 Å². The topological polar surface area (TPSA) is 64.3 Å². The van der Waals surface area contributed by atoms with Crippen molar-refractivity contribution in [2.75, 3.05) is 12.8 Å². The van der Waals surface area contributed by atoms with E-state index in [4.69, 9.17) is 0 Å². The van der Waals surface area contributed by atoms with Crippen LogP contribution in [0, 0.1) is 0 Å². The summed E-state index contributed by atoms with van der Waals surface area (Å²) >= 11 is 0. The summed E-state index contributed by atoms with van der Waals surface area (Å²) in [6, 6.07) is 9.51. The van der Waals surface area contributed by atoms with Crippen LogP contribution in [-0.4, -0.2) is 46.6 Å². The number of carbonyl (C=O) groups is 1. The molecule has 0 saturated carbocycles. The minimum Gasteiger partial charge on any atom is -0.342 e. The molecule has 1 fully saturated rings. The molecular formula is C19H23N3O3S. The number of hydrogen-bond acceptors (Lipinski definition) is 3. The van der Waals surface area contributed by atoms with E-state index in [2.05, 4.69) is 0 Å². The van der Waals surface area contributed by atoms with Crippen molar-refractivity contribution in [3.05, 3.63) is 36.0 Å². The first-order chi connectivity index (χ1) is 12.3. The lowest BCUT2D eigenvalue weighted by Gasteiger charge is -2.33. The molecule has 3 heterocycles. The normalized spacial score (nSPS) is 18.7. The van der Waals surface area contributed by atoms with E-state index in [-0.39, 0.29) is 17.6 Å². The van der Waals surface area contributed by atoms with E-state index in [1.54, 1.807) is 6.07 Å². The number of likely N-dealkylation sites (tertiary alicyclic amines) is 1. The third-order valence-corrected chi connectivity index (χ3v) is 6.48. The number of piperidine rings is 1. The zero-order valence-electron chi connectivity index (χ0n) is 15.3. The number of aryl methyl sites for hydroxylation is 1. The first-order valence-electron chi connectivity index (χ1n) is 8.91. The molecule has 26 heavy (non-hydrogen) atoms. The number of nitrogens with zero attached hydrogens (tertiary/aromatic N) is 3. The highest BCUT2D eigenvalue weighted by molar-refractivity contribution is 7.89. The molecule has 0 spiro atoms. The number of fused-ring (bicyclic) bond motifs is 3. The van der Waals surface area contributed by atoms with Gasteiger partial charge in [-0.25, -0.2) is 12.4 Å². The first-order valence-corrected chi connectivity index (χ1v) is 10.8. The molecule has 1 atom stereocenters. The number of rotatable bonds is 2. The molecule has 3 aromatic rings. The van der Waals surface area contributed by atoms with Crippen molar-refractivity contribution in [2.45, 2.75) is 32.2 Å². The van der Waals surface area contributed by atoms with Crippen molar-refractivity contribution < 1.29 is 13.2 Å². The number of carbonyl (C=O) groups excluding carboxylic acids is 1. The van der Waals surface area contributed by atoms with Crippen molar-refractivity contribution in [2.24, 2.45) is 7.05 Å². The second-order valence-corrected chi connectivity index (χ2v) is 9.04. The van der Waals surface area contributed by atoms with Crippen LogP contribution >= 0.6 is 0 Å². The standard InChI is InChI=1S/C19H23N3O3S/c1-13-8-6-7-11-21(13)19(23)17-12-16-18(22(17)26(3,24)25)14-9-4-5-10-15(14)20(16)2/h4-5,9-10,12-13H,6-8,11H2,1-3H3. The van der Waals surface area contributed by atoms with Crippen molar-refractivity contribution in [3.63, 3.8) is 0 Å². The third kappa shape index (κ3) is 2.45. The zero-order chi connectivity index (χ0) is 18.6. The molecule has 7 heteroatoms. The summed E-state index contributed by atoms with van der Waals surface area (Å²) in [5.74, 6) is -0.206. The van der Waals surface area contributed by atoms with E-state index in [1.165, 1.54) is 3.97 Å². The fraction of sp³-hybridized carbons (Fsp3) is 0.421. The average molecular weight is 373 g/mol. The summed E-state index contributed by atoms with van der Waals surface area (Å²) in [5, 5.41) is 0.834. The Morgan fingerprint density at radius 2 is 1.88 bits per heavy atom. The van der Waals surface area contributed by atoms with E-state index >= 15 is 0 Å². The second-order valence-electron chi connectivity index (χ2n) is 7.21. The van der Waals surface area contributed by atoms with E-state index < -0.39 is 10.0 Å². The highest BCUT2D eigenvalue weighted by atomic mass is 32.2. The predicted octanol–water partition coefficient (Wildman–Crippen LogP) is 2.96. The molecule has 1 amide bonds. The quantitative estimate of drug-likeness (QED) is 0.694. The van der Waals surface area contributed by atoms with Gasteiger partial charge in [0.15, 0.2) is 0 Å². The van der Waals surface area contributed by atoms with E-state index in [9.17, 15) is 13.2 Å². The Bertz CT molecular complexity index is 1120. The molecule has 2 aromatic heterocycles. The Labute approximate surface area is 153 Å². The number of amides is 1. The van der Waals surface area contributed by atoms with Gasteiger partial charge in [0, 0.05) is 25.0 Å². The van der Waals surface area contributed by atoms with Crippen molar-refractivity contribution in [1.29, 1.82) is 0 Å². The summed E-state index contributed by atoms with van der Waals surface area (Å²) < 4.78 is 28.4. The van der Waals surface area contributed by atoms with E-state index in [0.717, 1.165) is 41.9 Å². The van der Waals surface area contributed by atoms with Gasteiger partial charge < -0.3 is 9.47 Å². The smallest absolute Gasteiger partial charge is 0.271 e. The number of para-hydroxylation sites is 1. The summed E-state index contributed by atoms with van der Waals surface area (Å²) in [7, 11) is -1.74. The fourth-order valence-electron chi connectivity index (χ4n) is 4.12. The number of hydrogen-bond donors (Lipinski definition) is 0. The third-order valence-electron chi connectivity index (χ3n) is 5.43. The molecule has 138 valence electrons. The van der Waals surface area contributed by atoms with Crippen molar-refractivity contribution >= 4 is 37.9 Å². The van der Waals surface area contributed by atoms with Gasteiger partial charge in [-0.1, -0.05) is 18.2 Å². The lowest BCUT2D eigenvalue weighted by Crippen LogP contribution is -2.43. The van der Waals surface area contributed by atoms with Gasteiger partial charge in [-0.15, -0.1) is 0 Å². The lowest BCUT2D eigenvalue weighted by atomic mass is 10.0. The summed E-state index contributed by atoms with van der Waals surface area (Å²) in [6.45, 7) is 2.70. The monoisotopic (exact) mass is 373 g/mol. The average Bonchev–Trinajstić information content (AvgIpc) is 3.12. The van der Waals surface area contributed by atoms with E-state index in [0.29, 0.717) is 12.1 Å². The Hall–Kier alpha value is -2.28. The molecule has 1 aromatic carbocycles. The molecule has 4 rings (SSSR count). The SMILES string of the molecule is CC1CCCCN1C(=O)c1cc2c(c3ccccc3n2C)n1S(C)(=O)=O. The van der Waals surface area contributed by atoms with Crippen molar-refractivity contribution in [3.8, 4) is 0 Å². The second kappa shape index (κ2) is 5.87. The van der Waals surface area contributed by atoms with Crippen molar-refractivity contribution in [1.82, 2.24) is 13.4 Å². The van der Waals surface area contributed by atoms with Gasteiger partial charge in [-0.2, -0.15) is 0 Å². The molecule has 1 unspecified atom stereocenters. The molecule has 1 aliphatic heterocycles. The zero-order valence-corrected chi connectivity index (χ0v) is 16.1. The van der Waals surface area contributed by atoms with Gasteiger partial charge in [0.05, 0.1) is 22.8 Å². The number of aromatic nitrogens is 2. The molecular weight excluding hydrogens is 350 g/mol. The largest absolute Gasteiger partial charge is 0.342 e. The summed E-state index contributed by atoms with van der Waals surface area (Å²) in [4.78, 5) is 15.0. The Balaban J connectivity index is 2.01. The maximum absolute atomic E-state index is 13.2. The van der Waals surface area contributed by atoms with Crippen LogP contribution in [0.3, 0.4) is 0 Å². The maximum atomic E-state index is 13.2. The lowest BCUT2D eigenvalue weighted by molar-refractivity contribution is 0.0629. The molecule has 1 saturated heterocycles. The minimum absolute atomic E-state index is 0.124. The van der Waals surface area contributed by atoms with Crippen LogP contribution in [0.2, 0.25) is 0 Å². The van der Waals surface area contributed by atoms with Gasteiger partial charge in [0.2, 0.25) is 10.0 Å². The summed E-state index contributed by atoms with van der Waals surface area (Å²) in [6.07, 6.45) is 4.17. The summed E-state index contributed by atoms with van der Waals surface area (Å²) in [5.41, 5.74) is 2.51. The Morgan fingerprint density at radius 3 is 2.58 bits per heavy atom. The van der Waals surface area contributed by atoms with Crippen LogP contribution in [0.5, 0.6) is 0 Å². The Morgan fingerprint density at radius 1 is 1.15 bits per heavy atom. The Kier molecular flexibility index (Phi) is 3.87.